The van der Waals surface area contributed by atoms with Gasteiger partial charge in [-0.3, -0.25) is 0 Å². The Morgan fingerprint density at radius 1 is 1.31 bits per heavy atom. The standard InChI is InChI=1S/C15H21N/c1-2-11-15(16)12-7-6-10-14(15)13-8-4-3-5-9-13/h2-5,8-9,14H,1,6-7,10-12,16H2/t14-,15-/m1/s1. The van der Waals surface area contributed by atoms with Crippen LogP contribution in [0.25, 0.3) is 0 Å². The van der Waals surface area contributed by atoms with Gasteiger partial charge in [-0.15, -0.1) is 6.58 Å². The van der Waals surface area contributed by atoms with Crippen molar-refractivity contribution in [2.45, 2.75) is 43.6 Å². The summed E-state index contributed by atoms with van der Waals surface area (Å²) in [4.78, 5) is 0. The summed E-state index contributed by atoms with van der Waals surface area (Å²) in [5, 5.41) is 0. The minimum atomic E-state index is -0.0681. The molecule has 1 aliphatic rings. The lowest BCUT2D eigenvalue weighted by Crippen LogP contribution is -2.47. The van der Waals surface area contributed by atoms with E-state index in [9.17, 15) is 0 Å². The van der Waals surface area contributed by atoms with Gasteiger partial charge in [0.2, 0.25) is 0 Å². The Morgan fingerprint density at radius 3 is 2.75 bits per heavy atom. The van der Waals surface area contributed by atoms with Crippen molar-refractivity contribution in [3.05, 3.63) is 48.6 Å². The van der Waals surface area contributed by atoms with Gasteiger partial charge in [0, 0.05) is 11.5 Å². The Balaban J connectivity index is 2.26. The molecule has 1 nitrogen and oxygen atoms in total. The summed E-state index contributed by atoms with van der Waals surface area (Å²) in [5.74, 6) is 0.500. The fourth-order valence-electron chi connectivity index (χ4n) is 2.96. The van der Waals surface area contributed by atoms with Crippen LogP contribution in [0.2, 0.25) is 0 Å². The molecule has 0 spiro atoms. The lowest BCUT2D eigenvalue weighted by molar-refractivity contribution is 0.253. The van der Waals surface area contributed by atoms with Gasteiger partial charge in [0.05, 0.1) is 0 Å². The molecule has 86 valence electrons. The van der Waals surface area contributed by atoms with Gasteiger partial charge in [-0.25, -0.2) is 0 Å². The second-order valence-corrected chi connectivity index (χ2v) is 4.94. The highest BCUT2D eigenvalue weighted by atomic mass is 14.8. The summed E-state index contributed by atoms with van der Waals surface area (Å²) in [6.45, 7) is 3.85. The smallest absolute Gasteiger partial charge is 0.0258 e. The summed E-state index contributed by atoms with van der Waals surface area (Å²) in [7, 11) is 0. The molecule has 0 unspecified atom stereocenters. The molecule has 2 N–H and O–H groups in total. The Hall–Kier alpha value is -1.08. The van der Waals surface area contributed by atoms with E-state index in [1.165, 1.54) is 24.8 Å². The van der Waals surface area contributed by atoms with Crippen LogP contribution >= 0.6 is 0 Å². The monoisotopic (exact) mass is 215 g/mol. The minimum Gasteiger partial charge on any atom is -0.324 e. The summed E-state index contributed by atoms with van der Waals surface area (Å²) in [5.41, 5.74) is 7.90. The lowest BCUT2D eigenvalue weighted by Gasteiger charge is -2.41. The van der Waals surface area contributed by atoms with Gasteiger partial charge in [0.25, 0.3) is 0 Å². The maximum absolute atomic E-state index is 6.57. The van der Waals surface area contributed by atoms with Crippen LogP contribution in [0.5, 0.6) is 0 Å². The molecule has 1 saturated carbocycles. The fourth-order valence-corrected chi connectivity index (χ4v) is 2.96. The van der Waals surface area contributed by atoms with Crippen LogP contribution in [0, 0.1) is 0 Å². The highest BCUT2D eigenvalue weighted by molar-refractivity contribution is 5.25. The third kappa shape index (κ3) is 2.19. The van der Waals surface area contributed by atoms with Crippen molar-refractivity contribution < 1.29 is 0 Å². The van der Waals surface area contributed by atoms with Gasteiger partial charge in [0.15, 0.2) is 0 Å². The van der Waals surface area contributed by atoms with E-state index in [4.69, 9.17) is 5.73 Å². The molecule has 2 rings (SSSR count). The van der Waals surface area contributed by atoms with Crippen LogP contribution in [0.1, 0.15) is 43.6 Å². The molecule has 0 saturated heterocycles. The molecule has 16 heavy (non-hydrogen) atoms. The lowest BCUT2D eigenvalue weighted by atomic mass is 9.68. The van der Waals surface area contributed by atoms with Crippen LogP contribution in [-0.4, -0.2) is 5.54 Å². The highest BCUT2D eigenvalue weighted by Crippen LogP contribution is 2.41. The highest BCUT2D eigenvalue weighted by Gasteiger charge is 2.36. The Kier molecular flexibility index (Phi) is 3.45. The number of hydrogen-bond acceptors (Lipinski definition) is 1. The second kappa shape index (κ2) is 4.84. The molecule has 2 atom stereocenters. The fraction of sp³-hybridized carbons (Fsp3) is 0.467. The van der Waals surface area contributed by atoms with Crippen molar-refractivity contribution in [2.24, 2.45) is 5.73 Å². The third-order valence-corrected chi connectivity index (χ3v) is 3.81. The topological polar surface area (TPSA) is 26.0 Å². The molecule has 1 aliphatic carbocycles. The molecule has 0 heterocycles. The molecular formula is C15H21N. The van der Waals surface area contributed by atoms with Crippen molar-refractivity contribution in [2.75, 3.05) is 0 Å². The predicted molar refractivity (Wildman–Crippen MR) is 69.4 cm³/mol. The first-order valence-corrected chi connectivity index (χ1v) is 6.21. The number of nitrogens with two attached hydrogens (primary N) is 1. The van der Waals surface area contributed by atoms with E-state index >= 15 is 0 Å². The molecule has 1 aromatic rings. The van der Waals surface area contributed by atoms with Gasteiger partial charge in [-0.2, -0.15) is 0 Å². The molecule has 0 bridgehead atoms. The van der Waals surface area contributed by atoms with Gasteiger partial charge < -0.3 is 5.73 Å². The van der Waals surface area contributed by atoms with Crippen molar-refractivity contribution in [1.29, 1.82) is 0 Å². The zero-order valence-corrected chi connectivity index (χ0v) is 9.86. The van der Waals surface area contributed by atoms with Gasteiger partial charge >= 0.3 is 0 Å². The molecule has 1 fully saturated rings. The predicted octanol–water partition coefficient (Wildman–Crippen LogP) is 3.62. The van der Waals surface area contributed by atoms with Crippen LogP contribution < -0.4 is 5.73 Å². The largest absolute Gasteiger partial charge is 0.324 e. The first-order valence-electron chi connectivity index (χ1n) is 6.21. The Morgan fingerprint density at radius 2 is 2.06 bits per heavy atom. The third-order valence-electron chi connectivity index (χ3n) is 3.81. The van der Waals surface area contributed by atoms with E-state index in [-0.39, 0.29) is 5.54 Å². The first-order chi connectivity index (χ1) is 7.76. The zero-order valence-electron chi connectivity index (χ0n) is 9.86. The Bertz CT molecular complexity index is 344. The second-order valence-electron chi connectivity index (χ2n) is 4.94. The van der Waals surface area contributed by atoms with Crippen molar-refractivity contribution in [3.8, 4) is 0 Å². The van der Waals surface area contributed by atoms with E-state index < -0.39 is 0 Å². The SMILES string of the molecule is C=CC[C@@]1(N)CCCC[C@@H]1c1ccccc1. The molecule has 0 aromatic heterocycles. The summed E-state index contributed by atoms with van der Waals surface area (Å²) >= 11 is 0. The van der Waals surface area contributed by atoms with E-state index in [0.29, 0.717) is 5.92 Å². The molecule has 1 aromatic carbocycles. The average Bonchev–Trinajstić information content (AvgIpc) is 2.31. The summed E-state index contributed by atoms with van der Waals surface area (Å²) < 4.78 is 0. The molecule has 0 radical (unpaired) electrons. The van der Waals surface area contributed by atoms with Crippen molar-refractivity contribution in [1.82, 2.24) is 0 Å². The van der Waals surface area contributed by atoms with Gasteiger partial charge in [-0.1, -0.05) is 49.2 Å². The van der Waals surface area contributed by atoms with E-state index in [2.05, 4.69) is 36.9 Å². The molecule has 1 heteroatoms. The number of benzene rings is 1. The maximum Gasteiger partial charge on any atom is 0.0258 e. The van der Waals surface area contributed by atoms with Crippen LogP contribution in [0.4, 0.5) is 0 Å². The van der Waals surface area contributed by atoms with Crippen molar-refractivity contribution >= 4 is 0 Å². The molecule has 0 aliphatic heterocycles. The summed E-state index contributed by atoms with van der Waals surface area (Å²) in [6.07, 6.45) is 7.80. The quantitative estimate of drug-likeness (QED) is 0.766. The summed E-state index contributed by atoms with van der Waals surface area (Å²) in [6, 6.07) is 10.7. The van der Waals surface area contributed by atoms with Gasteiger partial charge in [-0.05, 0) is 24.8 Å². The van der Waals surface area contributed by atoms with Gasteiger partial charge in [0.1, 0.15) is 0 Å². The Labute approximate surface area is 98.4 Å². The average molecular weight is 215 g/mol. The van der Waals surface area contributed by atoms with Crippen LogP contribution in [0.3, 0.4) is 0 Å². The first kappa shape index (κ1) is 11.4. The zero-order chi connectivity index (χ0) is 11.4. The van der Waals surface area contributed by atoms with E-state index in [1.807, 2.05) is 6.08 Å². The normalized spacial score (nSPS) is 29.9. The van der Waals surface area contributed by atoms with Crippen molar-refractivity contribution in [3.63, 3.8) is 0 Å². The van der Waals surface area contributed by atoms with Crippen LogP contribution in [-0.2, 0) is 0 Å². The maximum atomic E-state index is 6.57. The molecular weight excluding hydrogens is 194 g/mol. The molecule has 0 amide bonds. The minimum absolute atomic E-state index is 0.0681. The number of hydrogen-bond donors (Lipinski definition) is 1. The van der Waals surface area contributed by atoms with E-state index in [0.717, 1.165) is 12.8 Å². The van der Waals surface area contributed by atoms with E-state index in [1.54, 1.807) is 0 Å². The van der Waals surface area contributed by atoms with Crippen LogP contribution in [0.15, 0.2) is 43.0 Å². The number of rotatable bonds is 3.